The number of nitrogens with zero attached hydrogens (tertiary/aromatic N) is 2. The molecular formula is C23H36F2N4O4. The molecule has 10 heteroatoms. The van der Waals surface area contributed by atoms with Crippen LogP contribution in [0.25, 0.3) is 0 Å². The van der Waals surface area contributed by atoms with Crippen molar-refractivity contribution in [3.8, 4) is 5.75 Å². The van der Waals surface area contributed by atoms with E-state index in [1.165, 1.54) is 17.0 Å². The number of morpholine rings is 1. The van der Waals surface area contributed by atoms with Crippen LogP contribution >= 0.6 is 0 Å². The average Bonchev–Trinajstić information content (AvgIpc) is 2.68. The maximum absolute atomic E-state index is 13.2. The fourth-order valence-corrected chi connectivity index (χ4v) is 3.78. The summed E-state index contributed by atoms with van der Waals surface area (Å²) in [6.07, 6.45) is 0. The predicted octanol–water partition coefficient (Wildman–Crippen LogP) is 2.92. The number of hydrogen-bond acceptors (Lipinski definition) is 6. The summed E-state index contributed by atoms with van der Waals surface area (Å²) < 4.78 is 36.0. The summed E-state index contributed by atoms with van der Waals surface area (Å²) in [5.41, 5.74) is 6.38. The first-order chi connectivity index (χ1) is 15.4. The molecule has 1 aliphatic heterocycles. The van der Waals surface area contributed by atoms with E-state index in [9.17, 15) is 18.4 Å². The van der Waals surface area contributed by atoms with Crippen LogP contribution in [-0.2, 0) is 14.3 Å². The van der Waals surface area contributed by atoms with Crippen molar-refractivity contribution in [2.24, 2.45) is 17.1 Å². The fourth-order valence-electron chi connectivity index (χ4n) is 3.78. The Labute approximate surface area is 194 Å². The second-order valence-corrected chi connectivity index (χ2v) is 9.78. The molecule has 186 valence electrons. The maximum Gasteiger partial charge on any atom is 0.387 e. The van der Waals surface area contributed by atoms with Gasteiger partial charge in [0.25, 0.3) is 5.91 Å². The lowest BCUT2D eigenvalue weighted by Gasteiger charge is -2.36. The van der Waals surface area contributed by atoms with E-state index in [-0.39, 0.29) is 35.9 Å². The van der Waals surface area contributed by atoms with Gasteiger partial charge in [-0.3, -0.25) is 14.5 Å². The van der Waals surface area contributed by atoms with Crippen LogP contribution in [0.2, 0.25) is 0 Å². The van der Waals surface area contributed by atoms with Gasteiger partial charge < -0.3 is 25.4 Å². The van der Waals surface area contributed by atoms with Gasteiger partial charge in [-0.1, -0.05) is 34.6 Å². The molecular weight excluding hydrogens is 434 g/mol. The van der Waals surface area contributed by atoms with Crippen molar-refractivity contribution in [1.82, 2.24) is 4.90 Å². The van der Waals surface area contributed by atoms with Crippen LogP contribution < -0.4 is 20.7 Å². The smallest absolute Gasteiger partial charge is 0.387 e. The van der Waals surface area contributed by atoms with E-state index in [0.29, 0.717) is 37.8 Å². The molecule has 0 bridgehead atoms. The lowest BCUT2D eigenvalue weighted by atomic mass is 9.94. The van der Waals surface area contributed by atoms with Gasteiger partial charge >= 0.3 is 6.61 Å². The average molecular weight is 471 g/mol. The summed E-state index contributed by atoms with van der Waals surface area (Å²) in [5.74, 6) is -0.609. The highest BCUT2D eigenvalue weighted by molar-refractivity contribution is 5.98. The van der Waals surface area contributed by atoms with Crippen LogP contribution in [0.15, 0.2) is 18.2 Å². The van der Waals surface area contributed by atoms with E-state index in [0.717, 1.165) is 0 Å². The largest absolute Gasteiger partial charge is 0.433 e. The minimum Gasteiger partial charge on any atom is -0.433 e. The molecule has 0 saturated carbocycles. The van der Waals surface area contributed by atoms with E-state index in [2.05, 4.69) is 44.7 Å². The maximum atomic E-state index is 13.2. The van der Waals surface area contributed by atoms with Gasteiger partial charge in [0.2, 0.25) is 5.91 Å². The number of rotatable bonds is 10. The number of carbonyl (C=O) groups excluding carboxylic acids is 2. The molecule has 33 heavy (non-hydrogen) atoms. The van der Waals surface area contributed by atoms with E-state index in [1.54, 1.807) is 6.07 Å². The van der Waals surface area contributed by atoms with Gasteiger partial charge in [-0.15, -0.1) is 0 Å². The monoisotopic (exact) mass is 470 g/mol. The molecule has 1 aromatic carbocycles. The summed E-state index contributed by atoms with van der Waals surface area (Å²) >= 11 is 0. The highest BCUT2D eigenvalue weighted by Gasteiger charge is 2.30. The molecule has 1 fully saturated rings. The highest BCUT2D eigenvalue weighted by atomic mass is 19.3. The number of anilines is 2. The van der Waals surface area contributed by atoms with Crippen LogP contribution in [0.5, 0.6) is 5.75 Å². The number of ether oxygens (including phenoxy) is 2. The Kier molecular flexibility index (Phi) is 9.57. The normalized spacial score (nSPS) is 16.0. The number of halogens is 2. The molecule has 1 aliphatic rings. The van der Waals surface area contributed by atoms with Crippen LogP contribution in [0.4, 0.5) is 20.2 Å². The lowest BCUT2D eigenvalue weighted by Crippen LogP contribution is -2.52. The Morgan fingerprint density at radius 1 is 1.33 bits per heavy atom. The Balaban J connectivity index is 2.29. The zero-order chi connectivity index (χ0) is 24.8. The first-order valence-electron chi connectivity index (χ1n) is 11.1. The first kappa shape index (κ1) is 26.9. The zero-order valence-corrected chi connectivity index (χ0v) is 20.1. The third-order valence-corrected chi connectivity index (χ3v) is 4.98. The van der Waals surface area contributed by atoms with Gasteiger partial charge in [-0.25, -0.2) is 0 Å². The van der Waals surface area contributed by atoms with E-state index < -0.39 is 18.6 Å². The molecule has 1 heterocycles. The third-order valence-electron chi connectivity index (χ3n) is 4.98. The van der Waals surface area contributed by atoms with Crippen LogP contribution in [0.3, 0.4) is 0 Å². The Morgan fingerprint density at radius 2 is 2.03 bits per heavy atom. The summed E-state index contributed by atoms with van der Waals surface area (Å²) in [6.45, 7) is 9.16. The fraction of sp³-hybridized carbons (Fsp3) is 0.652. The zero-order valence-electron chi connectivity index (χ0n) is 20.1. The quantitative estimate of drug-likeness (QED) is 0.546. The molecule has 2 amide bonds. The number of carbonyl (C=O) groups is 2. The van der Waals surface area contributed by atoms with Crippen molar-refractivity contribution >= 4 is 23.2 Å². The van der Waals surface area contributed by atoms with E-state index in [1.807, 2.05) is 4.90 Å². The molecule has 2 rings (SSSR count). The van der Waals surface area contributed by atoms with Crippen LogP contribution in [0.1, 0.15) is 34.6 Å². The molecule has 0 aliphatic carbocycles. The standard InChI is InChI=1S/C23H36F2N4O4/c1-15(2)12-28(14-23(3,4)5)18(11-26)21(31)27-17-7-6-16(10-19(17)33-22(24)25)29-8-9-32-13-20(29)30/h6-7,10,15,18,22H,8-9,11-14,26H2,1-5H3,(H,27,31)/t18-/m1/s1. The van der Waals surface area contributed by atoms with Crippen LogP contribution in [-0.4, -0.2) is 68.8 Å². The number of amides is 2. The van der Waals surface area contributed by atoms with Crippen molar-refractivity contribution in [3.05, 3.63) is 18.2 Å². The minimum atomic E-state index is -3.10. The molecule has 1 saturated heterocycles. The second kappa shape index (κ2) is 11.7. The molecule has 8 nitrogen and oxygen atoms in total. The molecule has 0 aromatic heterocycles. The molecule has 1 atom stereocenters. The van der Waals surface area contributed by atoms with Crippen molar-refractivity contribution in [1.29, 1.82) is 0 Å². The summed E-state index contributed by atoms with van der Waals surface area (Å²) in [4.78, 5) is 28.7. The Hall–Kier alpha value is -2.30. The topological polar surface area (TPSA) is 97.1 Å². The van der Waals surface area contributed by atoms with E-state index in [4.69, 9.17) is 10.5 Å². The number of nitrogens with two attached hydrogens (primary N) is 1. The Bertz CT molecular complexity index is 814. The van der Waals surface area contributed by atoms with Gasteiger partial charge in [0.15, 0.2) is 5.75 Å². The third kappa shape index (κ3) is 8.21. The van der Waals surface area contributed by atoms with Crippen molar-refractivity contribution in [2.45, 2.75) is 47.3 Å². The summed E-state index contributed by atoms with van der Waals surface area (Å²) in [7, 11) is 0. The SMILES string of the molecule is CC(C)CN(CC(C)(C)C)[C@H](CN)C(=O)Nc1ccc(N2CCOCC2=O)cc1OC(F)F. The second-order valence-electron chi connectivity index (χ2n) is 9.78. The minimum absolute atomic E-state index is 0.0695. The van der Waals surface area contributed by atoms with Gasteiger partial charge in [0.05, 0.1) is 12.3 Å². The van der Waals surface area contributed by atoms with E-state index >= 15 is 0 Å². The molecule has 0 spiro atoms. The predicted molar refractivity (Wildman–Crippen MR) is 124 cm³/mol. The van der Waals surface area contributed by atoms with Crippen molar-refractivity contribution in [3.63, 3.8) is 0 Å². The highest BCUT2D eigenvalue weighted by Crippen LogP contribution is 2.32. The molecule has 0 unspecified atom stereocenters. The van der Waals surface area contributed by atoms with Crippen LogP contribution in [0, 0.1) is 11.3 Å². The summed E-state index contributed by atoms with van der Waals surface area (Å²) in [6, 6.07) is 3.71. The number of benzene rings is 1. The number of alkyl halides is 2. The first-order valence-corrected chi connectivity index (χ1v) is 11.1. The van der Waals surface area contributed by atoms with Gasteiger partial charge in [0.1, 0.15) is 12.6 Å². The van der Waals surface area contributed by atoms with Gasteiger partial charge in [-0.05, 0) is 23.5 Å². The van der Waals surface area contributed by atoms with Gasteiger partial charge in [0, 0.05) is 37.9 Å². The molecule has 1 aromatic rings. The lowest BCUT2D eigenvalue weighted by molar-refractivity contribution is -0.125. The molecule has 0 radical (unpaired) electrons. The van der Waals surface area contributed by atoms with Gasteiger partial charge in [-0.2, -0.15) is 8.78 Å². The summed E-state index contributed by atoms with van der Waals surface area (Å²) in [5, 5.41) is 2.70. The van der Waals surface area contributed by atoms with Crippen molar-refractivity contribution in [2.75, 3.05) is 49.6 Å². The number of hydrogen-bond donors (Lipinski definition) is 2. The molecule has 3 N–H and O–H groups in total. The Morgan fingerprint density at radius 3 is 2.58 bits per heavy atom. The number of nitrogens with one attached hydrogen (secondary N) is 1. The van der Waals surface area contributed by atoms with Crippen molar-refractivity contribution < 1.29 is 27.8 Å².